The van der Waals surface area contributed by atoms with Crippen molar-refractivity contribution in [2.24, 2.45) is 14.1 Å². The molecule has 34 heavy (non-hydrogen) atoms. The summed E-state index contributed by atoms with van der Waals surface area (Å²) in [6.45, 7) is 7.32. The van der Waals surface area contributed by atoms with Gasteiger partial charge in [-0.15, -0.1) is 0 Å². The summed E-state index contributed by atoms with van der Waals surface area (Å²) in [6, 6.07) is 0. The van der Waals surface area contributed by atoms with Crippen LogP contribution in [0, 0.1) is 27.7 Å². The topological polar surface area (TPSA) is 129 Å². The average molecular weight is 475 g/mol. The highest BCUT2D eigenvalue weighted by Crippen LogP contribution is 2.15. The fraction of sp³-hybridized carbons (Fsp3) is 0.545. The highest BCUT2D eigenvalue weighted by molar-refractivity contribution is 5.94. The van der Waals surface area contributed by atoms with E-state index in [1.54, 1.807) is 51.2 Å². The SMILES string of the molecule is Cc1nn(C)c(C)c1C(=O)OCC(=O)N1CCN(C(=O)COC(=O)c2c(C)nn(C)c2C)CC1. The van der Waals surface area contributed by atoms with Gasteiger partial charge in [-0.2, -0.15) is 10.2 Å². The summed E-state index contributed by atoms with van der Waals surface area (Å²) in [5.74, 6) is -1.86. The van der Waals surface area contributed by atoms with Gasteiger partial charge in [0.25, 0.3) is 11.8 Å². The number of amides is 2. The molecule has 0 spiro atoms. The largest absolute Gasteiger partial charge is 0.452 e. The minimum absolute atomic E-state index is 0.293. The van der Waals surface area contributed by atoms with Gasteiger partial charge in [0, 0.05) is 51.7 Å². The monoisotopic (exact) mass is 474 g/mol. The third-order valence-electron chi connectivity index (χ3n) is 6.06. The van der Waals surface area contributed by atoms with Crippen LogP contribution in [-0.4, -0.2) is 92.5 Å². The molecule has 12 nitrogen and oxygen atoms in total. The predicted octanol–water partition coefficient (Wildman–Crippen LogP) is 0.0719. The number of carbonyl (C=O) groups is 4. The fourth-order valence-corrected chi connectivity index (χ4v) is 3.92. The summed E-state index contributed by atoms with van der Waals surface area (Å²) in [5.41, 5.74) is 3.13. The van der Waals surface area contributed by atoms with Crippen LogP contribution in [0.3, 0.4) is 0 Å². The van der Waals surface area contributed by atoms with E-state index in [1.807, 2.05) is 0 Å². The van der Waals surface area contributed by atoms with Crippen molar-refractivity contribution in [3.05, 3.63) is 33.9 Å². The molecular weight excluding hydrogens is 444 g/mol. The molecule has 0 N–H and O–H groups in total. The lowest BCUT2D eigenvalue weighted by Crippen LogP contribution is -2.52. The van der Waals surface area contributed by atoms with E-state index < -0.39 is 11.9 Å². The maximum atomic E-state index is 12.5. The standard InChI is InChI=1S/C22H30N6O6/c1-13-19(15(3)25(5)23-13)21(31)33-11-17(29)27-7-9-28(10-8-27)18(30)12-34-22(32)20-14(2)24-26(6)16(20)4/h7-12H2,1-6H3. The van der Waals surface area contributed by atoms with Crippen LogP contribution in [-0.2, 0) is 33.2 Å². The molecule has 1 fully saturated rings. The minimum Gasteiger partial charge on any atom is -0.452 e. The number of aromatic nitrogens is 4. The first-order chi connectivity index (χ1) is 16.0. The molecule has 0 saturated carbocycles. The van der Waals surface area contributed by atoms with Crippen LogP contribution in [0.1, 0.15) is 43.5 Å². The zero-order valence-electron chi connectivity index (χ0n) is 20.4. The van der Waals surface area contributed by atoms with Gasteiger partial charge in [0.05, 0.1) is 11.4 Å². The van der Waals surface area contributed by atoms with Gasteiger partial charge in [0.15, 0.2) is 13.2 Å². The Kier molecular flexibility index (Phi) is 7.38. The number of hydrogen-bond donors (Lipinski definition) is 0. The van der Waals surface area contributed by atoms with Crippen LogP contribution >= 0.6 is 0 Å². The van der Waals surface area contributed by atoms with Gasteiger partial charge in [0.1, 0.15) is 11.1 Å². The zero-order valence-corrected chi connectivity index (χ0v) is 20.4. The van der Waals surface area contributed by atoms with Crippen LogP contribution in [0.4, 0.5) is 0 Å². The lowest BCUT2D eigenvalue weighted by atomic mass is 10.2. The van der Waals surface area contributed by atoms with Gasteiger partial charge < -0.3 is 19.3 Å². The molecule has 184 valence electrons. The van der Waals surface area contributed by atoms with Crippen molar-refractivity contribution in [1.29, 1.82) is 0 Å². The lowest BCUT2D eigenvalue weighted by Gasteiger charge is -2.34. The van der Waals surface area contributed by atoms with Crippen LogP contribution in [0.15, 0.2) is 0 Å². The second-order valence-electron chi connectivity index (χ2n) is 8.25. The molecule has 0 radical (unpaired) electrons. The van der Waals surface area contributed by atoms with Gasteiger partial charge in [-0.25, -0.2) is 9.59 Å². The van der Waals surface area contributed by atoms with E-state index in [9.17, 15) is 19.2 Å². The zero-order chi connectivity index (χ0) is 25.2. The van der Waals surface area contributed by atoms with Gasteiger partial charge in [-0.1, -0.05) is 0 Å². The number of ether oxygens (including phenoxy) is 2. The molecule has 0 unspecified atom stereocenters. The quantitative estimate of drug-likeness (QED) is 0.538. The Morgan fingerprint density at radius 2 is 1.00 bits per heavy atom. The fourth-order valence-electron chi connectivity index (χ4n) is 3.92. The summed E-state index contributed by atoms with van der Waals surface area (Å²) in [6.07, 6.45) is 0. The Morgan fingerprint density at radius 3 is 1.26 bits per heavy atom. The molecule has 1 aliphatic rings. The first-order valence-corrected chi connectivity index (χ1v) is 10.9. The van der Waals surface area contributed by atoms with Gasteiger partial charge in [-0.3, -0.25) is 19.0 Å². The van der Waals surface area contributed by atoms with Crippen molar-refractivity contribution in [2.45, 2.75) is 27.7 Å². The second-order valence-corrected chi connectivity index (χ2v) is 8.25. The second kappa shape index (κ2) is 10.1. The number of esters is 2. The average Bonchev–Trinajstić information content (AvgIpc) is 3.21. The number of carbonyl (C=O) groups excluding carboxylic acids is 4. The molecule has 3 heterocycles. The molecule has 1 saturated heterocycles. The van der Waals surface area contributed by atoms with E-state index in [1.165, 1.54) is 9.80 Å². The van der Waals surface area contributed by atoms with Crippen molar-refractivity contribution in [3.8, 4) is 0 Å². The molecule has 2 aromatic heterocycles. The summed E-state index contributed by atoms with van der Waals surface area (Å²) >= 11 is 0. The third kappa shape index (κ3) is 5.10. The number of piperazine rings is 1. The smallest absolute Gasteiger partial charge is 0.342 e. The molecular formula is C22H30N6O6. The first kappa shape index (κ1) is 24.9. The van der Waals surface area contributed by atoms with Crippen LogP contribution in [0.2, 0.25) is 0 Å². The number of nitrogens with zero attached hydrogens (tertiary/aromatic N) is 6. The van der Waals surface area contributed by atoms with Crippen molar-refractivity contribution >= 4 is 23.8 Å². The van der Waals surface area contributed by atoms with E-state index in [2.05, 4.69) is 10.2 Å². The van der Waals surface area contributed by atoms with E-state index in [4.69, 9.17) is 9.47 Å². The summed E-state index contributed by atoms with van der Waals surface area (Å²) in [4.78, 5) is 52.7. The van der Waals surface area contributed by atoms with Gasteiger partial charge >= 0.3 is 11.9 Å². The summed E-state index contributed by atoms with van der Waals surface area (Å²) in [5, 5.41) is 8.35. The minimum atomic E-state index is -0.592. The Labute approximate surface area is 197 Å². The Morgan fingerprint density at radius 1 is 0.676 bits per heavy atom. The van der Waals surface area contributed by atoms with Crippen molar-refractivity contribution in [2.75, 3.05) is 39.4 Å². The lowest BCUT2D eigenvalue weighted by molar-refractivity contribution is -0.142. The summed E-state index contributed by atoms with van der Waals surface area (Å²) < 4.78 is 13.6. The Hall–Kier alpha value is -3.70. The molecule has 1 aliphatic heterocycles. The van der Waals surface area contributed by atoms with Crippen LogP contribution < -0.4 is 0 Å². The first-order valence-electron chi connectivity index (χ1n) is 10.9. The van der Waals surface area contributed by atoms with Gasteiger partial charge in [0.2, 0.25) is 0 Å². The molecule has 3 rings (SSSR count). The molecule has 0 atom stereocenters. The van der Waals surface area contributed by atoms with Gasteiger partial charge in [-0.05, 0) is 27.7 Å². The number of aryl methyl sites for hydroxylation is 4. The number of rotatable bonds is 6. The van der Waals surface area contributed by atoms with Crippen molar-refractivity contribution < 1.29 is 28.7 Å². The highest BCUT2D eigenvalue weighted by atomic mass is 16.5. The Bertz CT molecular complexity index is 1040. The molecule has 0 aliphatic carbocycles. The summed E-state index contributed by atoms with van der Waals surface area (Å²) in [7, 11) is 3.46. The molecule has 2 aromatic rings. The van der Waals surface area contributed by atoms with E-state index in [0.717, 1.165) is 0 Å². The van der Waals surface area contributed by atoms with Crippen molar-refractivity contribution in [3.63, 3.8) is 0 Å². The van der Waals surface area contributed by atoms with Crippen LogP contribution in [0.25, 0.3) is 0 Å². The number of hydrogen-bond acceptors (Lipinski definition) is 8. The third-order valence-corrected chi connectivity index (χ3v) is 6.06. The maximum absolute atomic E-state index is 12.5. The molecule has 0 aromatic carbocycles. The molecule has 2 amide bonds. The van der Waals surface area contributed by atoms with Crippen LogP contribution in [0.5, 0.6) is 0 Å². The van der Waals surface area contributed by atoms with E-state index in [0.29, 0.717) is 60.1 Å². The molecule has 0 bridgehead atoms. The predicted molar refractivity (Wildman–Crippen MR) is 119 cm³/mol. The van der Waals surface area contributed by atoms with E-state index >= 15 is 0 Å². The molecule has 12 heteroatoms. The maximum Gasteiger partial charge on any atom is 0.342 e. The highest BCUT2D eigenvalue weighted by Gasteiger charge is 2.27. The normalized spacial score (nSPS) is 13.7. The Balaban J connectivity index is 1.44. The van der Waals surface area contributed by atoms with E-state index in [-0.39, 0.29) is 25.0 Å². The van der Waals surface area contributed by atoms with Crippen molar-refractivity contribution in [1.82, 2.24) is 29.4 Å².